The number of hydrogen-bond acceptors (Lipinski definition) is 3. The second-order valence-corrected chi connectivity index (χ2v) is 6.82. The Labute approximate surface area is 132 Å². The first-order valence-electron chi connectivity index (χ1n) is 8.26. The Kier molecular flexibility index (Phi) is 4.34. The van der Waals surface area contributed by atoms with Crippen molar-refractivity contribution in [2.24, 2.45) is 0 Å². The van der Waals surface area contributed by atoms with Gasteiger partial charge in [-0.25, -0.2) is 0 Å². The summed E-state index contributed by atoms with van der Waals surface area (Å²) in [7, 11) is 3.76. The van der Waals surface area contributed by atoms with E-state index in [1.165, 1.54) is 29.5 Å². The molecule has 0 aliphatic heterocycles. The minimum atomic E-state index is -0.645. The Hall–Kier alpha value is -1.61. The van der Waals surface area contributed by atoms with Crippen LogP contribution < -0.4 is 0 Å². The zero-order chi connectivity index (χ0) is 15.7. The molecule has 0 radical (unpaired) electrons. The van der Waals surface area contributed by atoms with Crippen molar-refractivity contribution in [1.29, 1.82) is 0 Å². The molecule has 0 heterocycles. The number of carbonyl (C=O) groups excluding carboxylic acids is 1. The Morgan fingerprint density at radius 3 is 2.73 bits per heavy atom. The highest BCUT2D eigenvalue weighted by molar-refractivity contribution is 5.97. The van der Waals surface area contributed by atoms with Gasteiger partial charge in [-0.3, -0.25) is 4.79 Å². The average molecular weight is 299 g/mol. The number of rotatable bonds is 2. The van der Waals surface area contributed by atoms with E-state index in [4.69, 9.17) is 0 Å². The molecule has 22 heavy (non-hydrogen) atoms. The van der Waals surface area contributed by atoms with Crippen LogP contribution in [0.15, 0.2) is 30.0 Å². The summed E-state index contributed by atoms with van der Waals surface area (Å²) in [5.41, 5.74) is 4.75. The molecule has 3 rings (SSSR count). The van der Waals surface area contributed by atoms with E-state index in [1.807, 2.05) is 19.0 Å². The van der Waals surface area contributed by atoms with Gasteiger partial charge < -0.3 is 10.0 Å². The number of carbonyl (C=O) groups is 1. The molecule has 0 amide bonds. The van der Waals surface area contributed by atoms with Crippen LogP contribution in [0.4, 0.5) is 0 Å². The van der Waals surface area contributed by atoms with Crippen molar-refractivity contribution >= 4 is 5.78 Å². The van der Waals surface area contributed by atoms with Crippen molar-refractivity contribution < 1.29 is 9.90 Å². The molecule has 2 unspecified atom stereocenters. The second kappa shape index (κ2) is 6.25. The van der Waals surface area contributed by atoms with Crippen LogP contribution in [0.2, 0.25) is 0 Å². The maximum absolute atomic E-state index is 12.4. The minimum absolute atomic E-state index is 0.0888. The normalized spacial score (nSPS) is 26.9. The van der Waals surface area contributed by atoms with Gasteiger partial charge in [-0.15, -0.1) is 0 Å². The van der Waals surface area contributed by atoms with Gasteiger partial charge >= 0.3 is 0 Å². The van der Waals surface area contributed by atoms with Gasteiger partial charge in [0.05, 0.1) is 6.10 Å². The molecule has 0 saturated heterocycles. The van der Waals surface area contributed by atoms with E-state index in [-0.39, 0.29) is 11.7 Å². The van der Waals surface area contributed by atoms with E-state index >= 15 is 0 Å². The summed E-state index contributed by atoms with van der Waals surface area (Å²) in [5, 5.41) is 10.4. The largest absolute Gasteiger partial charge is 0.388 e. The van der Waals surface area contributed by atoms with Crippen molar-refractivity contribution in [2.75, 3.05) is 14.1 Å². The quantitative estimate of drug-likeness (QED) is 0.854. The highest BCUT2D eigenvalue weighted by Gasteiger charge is 2.33. The summed E-state index contributed by atoms with van der Waals surface area (Å²) in [6, 6.07) is 6.49. The smallest absolute Gasteiger partial charge is 0.163 e. The fraction of sp³-hybridized carbons (Fsp3) is 0.526. The van der Waals surface area contributed by atoms with Gasteiger partial charge in [-0.2, -0.15) is 0 Å². The van der Waals surface area contributed by atoms with Gasteiger partial charge in [-0.05, 0) is 54.7 Å². The predicted molar refractivity (Wildman–Crippen MR) is 87.8 cm³/mol. The summed E-state index contributed by atoms with van der Waals surface area (Å²) in [6.07, 6.45) is 7.06. The molecule has 1 aromatic carbocycles. The number of benzene rings is 1. The van der Waals surface area contributed by atoms with Crippen LogP contribution in [0.1, 0.15) is 48.3 Å². The molecule has 0 aromatic heterocycles. The van der Waals surface area contributed by atoms with E-state index < -0.39 is 6.10 Å². The Morgan fingerprint density at radius 1 is 1.23 bits per heavy atom. The molecule has 2 aliphatic carbocycles. The van der Waals surface area contributed by atoms with Gasteiger partial charge in [-0.1, -0.05) is 18.2 Å². The van der Waals surface area contributed by atoms with Crippen molar-refractivity contribution in [3.8, 4) is 0 Å². The van der Waals surface area contributed by atoms with Crippen molar-refractivity contribution in [3.63, 3.8) is 0 Å². The summed E-state index contributed by atoms with van der Waals surface area (Å²) in [5.74, 6) is 0.251. The minimum Gasteiger partial charge on any atom is -0.388 e. The lowest BCUT2D eigenvalue weighted by molar-refractivity contribution is -0.118. The zero-order valence-corrected chi connectivity index (χ0v) is 13.5. The number of Topliss-reactive ketones (excluding diaryl/α,β-unsaturated/α-hetero) is 1. The molecule has 3 heteroatoms. The number of ketones is 1. The number of fused-ring (bicyclic) bond motifs is 1. The number of aryl methyl sites for hydroxylation is 1. The van der Waals surface area contributed by atoms with Crippen LogP contribution in [0.3, 0.4) is 0 Å². The highest BCUT2D eigenvalue weighted by atomic mass is 16.3. The summed E-state index contributed by atoms with van der Waals surface area (Å²) in [6.45, 7) is 0. The molecule has 2 atom stereocenters. The fourth-order valence-electron chi connectivity index (χ4n) is 3.87. The van der Waals surface area contributed by atoms with Gasteiger partial charge in [0.25, 0.3) is 0 Å². The standard InChI is InChI=1S/C19H25NO2/c1-20(2)12-17-18(21)10-14(11-19(17)22)16-9-5-7-13-6-3-4-8-15(13)16/h5,7,9,12,14,18,21H,3-4,6,8,10-11H2,1-2H3/b17-12+. The van der Waals surface area contributed by atoms with Crippen LogP contribution in [-0.4, -0.2) is 36.0 Å². The first-order valence-corrected chi connectivity index (χ1v) is 8.26. The third-order valence-electron chi connectivity index (χ3n) is 4.89. The van der Waals surface area contributed by atoms with Crippen molar-refractivity contribution in [3.05, 3.63) is 46.7 Å². The number of aliphatic hydroxyl groups is 1. The first kappa shape index (κ1) is 15.3. The van der Waals surface area contributed by atoms with Gasteiger partial charge in [0, 0.05) is 32.3 Å². The Morgan fingerprint density at radius 2 is 2.00 bits per heavy atom. The third kappa shape index (κ3) is 2.95. The van der Waals surface area contributed by atoms with Crippen molar-refractivity contribution in [2.45, 2.75) is 50.5 Å². The molecule has 1 fully saturated rings. The van der Waals surface area contributed by atoms with Crippen LogP contribution in [-0.2, 0) is 17.6 Å². The van der Waals surface area contributed by atoms with Gasteiger partial charge in [0.2, 0.25) is 0 Å². The molecule has 1 saturated carbocycles. The van der Waals surface area contributed by atoms with E-state index in [0.29, 0.717) is 18.4 Å². The SMILES string of the molecule is CN(C)/C=C1/C(=O)CC(c2cccc3c2CCCC3)CC1O. The van der Waals surface area contributed by atoms with Crippen LogP contribution in [0.5, 0.6) is 0 Å². The molecular weight excluding hydrogens is 274 g/mol. The van der Waals surface area contributed by atoms with E-state index in [2.05, 4.69) is 18.2 Å². The molecule has 2 aliphatic rings. The van der Waals surface area contributed by atoms with Crippen LogP contribution in [0, 0.1) is 0 Å². The molecular formula is C19H25NO2. The summed E-state index contributed by atoms with van der Waals surface area (Å²) < 4.78 is 0. The predicted octanol–water partition coefficient (Wildman–Crippen LogP) is 2.82. The lowest BCUT2D eigenvalue weighted by Crippen LogP contribution is -2.30. The van der Waals surface area contributed by atoms with Gasteiger partial charge in [0.15, 0.2) is 5.78 Å². The third-order valence-corrected chi connectivity index (χ3v) is 4.89. The van der Waals surface area contributed by atoms with E-state index in [9.17, 15) is 9.90 Å². The Bertz CT molecular complexity index is 603. The second-order valence-electron chi connectivity index (χ2n) is 6.82. The van der Waals surface area contributed by atoms with E-state index in [1.54, 1.807) is 6.20 Å². The number of aliphatic hydroxyl groups excluding tert-OH is 1. The Balaban J connectivity index is 1.88. The molecule has 0 spiro atoms. The fourth-order valence-corrected chi connectivity index (χ4v) is 3.87. The average Bonchev–Trinajstić information content (AvgIpc) is 2.50. The number of nitrogens with zero attached hydrogens (tertiary/aromatic N) is 1. The molecule has 118 valence electrons. The molecule has 0 bridgehead atoms. The zero-order valence-electron chi connectivity index (χ0n) is 13.5. The maximum Gasteiger partial charge on any atom is 0.163 e. The van der Waals surface area contributed by atoms with E-state index in [0.717, 1.165) is 12.8 Å². The topological polar surface area (TPSA) is 40.5 Å². The van der Waals surface area contributed by atoms with Crippen LogP contribution >= 0.6 is 0 Å². The van der Waals surface area contributed by atoms with Crippen molar-refractivity contribution in [1.82, 2.24) is 4.90 Å². The molecule has 3 nitrogen and oxygen atoms in total. The van der Waals surface area contributed by atoms with Gasteiger partial charge in [0.1, 0.15) is 0 Å². The lowest BCUT2D eigenvalue weighted by Gasteiger charge is -2.31. The van der Waals surface area contributed by atoms with Crippen LogP contribution in [0.25, 0.3) is 0 Å². The molecule has 1 aromatic rings. The summed E-state index contributed by atoms with van der Waals surface area (Å²) in [4.78, 5) is 14.3. The summed E-state index contributed by atoms with van der Waals surface area (Å²) >= 11 is 0. The lowest BCUT2D eigenvalue weighted by atomic mass is 9.75. The monoisotopic (exact) mass is 299 g/mol. The molecule has 1 N–H and O–H groups in total. The first-order chi connectivity index (χ1) is 10.6. The highest BCUT2D eigenvalue weighted by Crippen LogP contribution is 2.38. The number of hydrogen-bond donors (Lipinski definition) is 1. The maximum atomic E-state index is 12.4.